The number of nitrogens with zero attached hydrogens (tertiary/aromatic N) is 2. The standard InChI is InChI=1S/C23H29N3O2/c1-17(2)26(16-18-9-5-3-6-10-18)23(28)21-15-19(13-14-24-21)22(27)25-20-11-7-4-8-12-20/h3,5-6,9-10,13-15,17,20H,4,7-8,11-12,16H2,1-2H3,(H,25,27). The number of hydrogen-bond donors (Lipinski definition) is 1. The molecule has 3 rings (SSSR count). The van der Waals surface area contributed by atoms with E-state index in [2.05, 4.69) is 10.3 Å². The average molecular weight is 380 g/mol. The number of nitrogens with one attached hydrogen (secondary N) is 1. The number of rotatable bonds is 6. The van der Waals surface area contributed by atoms with E-state index >= 15 is 0 Å². The Morgan fingerprint density at radius 3 is 2.50 bits per heavy atom. The van der Waals surface area contributed by atoms with Crippen molar-refractivity contribution in [2.75, 3.05) is 0 Å². The van der Waals surface area contributed by atoms with E-state index in [1.165, 1.54) is 6.42 Å². The summed E-state index contributed by atoms with van der Waals surface area (Å²) in [7, 11) is 0. The zero-order valence-corrected chi connectivity index (χ0v) is 16.7. The van der Waals surface area contributed by atoms with Crippen LogP contribution in [0, 0.1) is 0 Å². The fraction of sp³-hybridized carbons (Fsp3) is 0.435. The highest BCUT2D eigenvalue weighted by Crippen LogP contribution is 2.18. The van der Waals surface area contributed by atoms with Gasteiger partial charge in [-0.1, -0.05) is 49.6 Å². The summed E-state index contributed by atoms with van der Waals surface area (Å²) in [6, 6.07) is 13.4. The topological polar surface area (TPSA) is 62.3 Å². The van der Waals surface area contributed by atoms with Crippen LogP contribution in [0.4, 0.5) is 0 Å². The van der Waals surface area contributed by atoms with E-state index in [0.29, 0.717) is 17.8 Å². The molecule has 1 N–H and O–H groups in total. The van der Waals surface area contributed by atoms with E-state index in [1.54, 1.807) is 23.2 Å². The Morgan fingerprint density at radius 2 is 1.82 bits per heavy atom. The monoisotopic (exact) mass is 379 g/mol. The third-order valence-corrected chi connectivity index (χ3v) is 5.26. The predicted octanol–water partition coefficient (Wildman–Crippen LogP) is 4.19. The van der Waals surface area contributed by atoms with Gasteiger partial charge in [0, 0.05) is 30.4 Å². The lowest BCUT2D eigenvalue weighted by Gasteiger charge is -2.27. The van der Waals surface area contributed by atoms with Crippen molar-refractivity contribution in [1.82, 2.24) is 15.2 Å². The zero-order chi connectivity index (χ0) is 19.9. The van der Waals surface area contributed by atoms with Gasteiger partial charge < -0.3 is 10.2 Å². The van der Waals surface area contributed by atoms with Gasteiger partial charge in [0.25, 0.3) is 11.8 Å². The normalized spacial score (nSPS) is 14.7. The van der Waals surface area contributed by atoms with E-state index in [9.17, 15) is 9.59 Å². The van der Waals surface area contributed by atoms with Gasteiger partial charge in [0.2, 0.25) is 0 Å². The molecule has 2 amide bonds. The van der Waals surface area contributed by atoms with Crippen LogP contribution in [0.15, 0.2) is 48.7 Å². The minimum Gasteiger partial charge on any atom is -0.349 e. The Balaban J connectivity index is 1.73. The second-order valence-corrected chi connectivity index (χ2v) is 7.75. The van der Waals surface area contributed by atoms with Crippen LogP contribution in [0.25, 0.3) is 0 Å². The summed E-state index contributed by atoms with van der Waals surface area (Å²) in [5, 5.41) is 3.10. The molecule has 5 nitrogen and oxygen atoms in total. The van der Waals surface area contributed by atoms with E-state index < -0.39 is 0 Å². The van der Waals surface area contributed by atoms with Gasteiger partial charge in [-0.3, -0.25) is 14.6 Å². The number of carbonyl (C=O) groups excluding carboxylic acids is 2. The van der Waals surface area contributed by atoms with Gasteiger partial charge in [-0.15, -0.1) is 0 Å². The second kappa shape index (κ2) is 9.49. The maximum Gasteiger partial charge on any atom is 0.272 e. The molecule has 1 aliphatic carbocycles. The van der Waals surface area contributed by atoms with Crippen molar-refractivity contribution in [3.8, 4) is 0 Å². The molecule has 0 unspecified atom stereocenters. The number of amides is 2. The van der Waals surface area contributed by atoms with Gasteiger partial charge in [0.05, 0.1) is 0 Å². The SMILES string of the molecule is CC(C)N(Cc1ccccc1)C(=O)c1cc(C(=O)NC2CCCCC2)ccn1. The van der Waals surface area contributed by atoms with Gasteiger partial charge in [-0.2, -0.15) is 0 Å². The third-order valence-electron chi connectivity index (χ3n) is 5.26. The quantitative estimate of drug-likeness (QED) is 0.818. The Kier molecular flexibility index (Phi) is 6.80. The maximum absolute atomic E-state index is 13.1. The molecule has 1 saturated carbocycles. The van der Waals surface area contributed by atoms with Crippen molar-refractivity contribution >= 4 is 11.8 Å². The number of pyridine rings is 1. The Hall–Kier alpha value is -2.69. The van der Waals surface area contributed by atoms with Crippen LogP contribution < -0.4 is 5.32 Å². The van der Waals surface area contributed by atoms with Crippen molar-refractivity contribution in [2.45, 2.75) is 64.6 Å². The van der Waals surface area contributed by atoms with Crippen molar-refractivity contribution in [3.63, 3.8) is 0 Å². The van der Waals surface area contributed by atoms with Gasteiger partial charge in [0.1, 0.15) is 5.69 Å². The van der Waals surface area contributed by atoms with E-state index in [4.69, 9.17) is 0 Å². The molecule has 0 spiro atoms. The van der Waals surface area contributed by atoms with Gasteiger partial charge in [0.15, 0.2) is 0 Å². The largest absolute Gasteiger partial charge is 0.349 e. The molecule has 28 heavy (non-hydrogen) atoms. The van der Waals surface area contributed by atoms with Crippen LogP contribution >= 0.6 is 0 Å². The third kappa shape index (κ3) is 5.18. The molecule has 1 aromatic carbocycles. The van der Waals surface area contributed by atoms with Crippen LogP contribution in [-0.4, -0.2) is 33.8 Å². The van der Waals surface area contributed by atoms with Gasteiger partial charge in [-0.05, 0) is 44.4 Å². The molecule has 1 fully saturated rings. The molecule has 148 valence electrons. The molecule has 1 aromatic heterocycles. The average Bonchev–Trinajstić information content (AvgIpc) is 2.73. The summed E-state index contributed by atoms with van der Waals surface area (Å²) < 4.78 is 0. The van der Waals surface area contributed by atoms with Crippen molar-refractivity contribution in [3.05, 3.63) is 65.5 Å². The minimum atomic E-state index is -0.161. The van der Waals surface area contributed by atoms with Crippen LogP contribution in [0.5, 0.6) is 0 Å². The highest BCUT2D eigenvalue weighted by molar-refractivity contribution is 5.98. The highest BCUT2D eigenvalue weighted by Gasteiger charge is 2.22. The lowest BCUT2D eigenvalue weighted by Crippen LogP contribution is -2.38. The molecular formula is C23H29N3O2. The second-order valence-electron chi connectivity index (χ2n) is 7.75. The molecule has 2 aromatic rings. The van der Waals surface area contributed by atoms with E-state index in [1.807, 2.05) is 44.2 Å². The summed E-state index contributed by atoms with van der Waals surface area (Å²) in [6.07, 6.45) is 7.17. The molecule has 0 bridgehead atoms. The minimum absolute atomic E-state index is 0.0224. The molecule has 0 aliphatic heterocycles. The first-order chi connectivity index (χ1) is 13.5. The molecule has 0 radical (unpaired) electrons. The molecule has 1 aliphatic rings. The van der Waals surface area contributed by atoms with Crippen molar-refractivity contribution < 1.29 is 9.59 Å². The first-order valence-electron chi connectivity index (χ1n) is 10.2. The summed E-state index contributed by atoms with van der Waals surface area (Å²) in [5.41, 5.74) is 1.86. The smallest absolute Gasteiger partial charge is 0.272 e. The molecule has 0 atom stereocenters. The van der Waals surface area contributed by atoms with Crippen LogP contribution in [0.3, 0.4) is 0 Å². The van der Waals surface area contributed by atoms with E-state index in [0.717, 1.165) is 31.2 Å². The van der Waals surface area contributed by atoms with E-state index in [-0.39, 0.29) is 23.9 Å². The first kappa shape index (κ1) is 20.1. The molecule has 0 saturated heterocycles. The van der Waals surface area contributed by atoms with Crippen molar-refractivity contribution in [2.24, 2.45) is 0 Å². The van der Waals surface area contributed by atoms with Gasteiger partial charge in [-0.25, -0.2) is 0 Å². The summed E-state index contributed by atoms with van der Waals surface area (Å²) in [6.45, 7) is 4.48. The van der Waals surface area contributed by atoms with Crippen LogP contribution in [0.2, 0.25) is 0 Å². The van der Waals surface area contributed by atoms with Crippen LogP contribution in [0.1, 0.15) is 72.4 Å². The fourth-order valence-corrected chi connectivity index (χ4v) is 3.62. The Bertz CT molecular complexity index is 799. The predicted molar refractivity (Wildman–Crippen MR) is 110 cm³/mol. The molecule has 1 heterocycles. The van der Waals surface area contributed by atoms with Crippen LogP contribution in [-0.2, 0) is 6.54 Å². The maximum atomic E-state index is 13.1. The highest BCUT2D eigenvalue weighted by atomic mass is 16.2. The summed E-state index contributed by atoms with van der Waals surface area (Å²) in [4.78, 5) is 31.7. The zero-order valence-electron chi connectivity index (χ0n) is 16.7. The number of hydrogen-bond acceptors (Lipinski definition) is 3. The first-order valence-corrected chi connectivity index (χ1v) is 10.2. The number of carbonyl (C=O) groups is 2. The molecule has 5 heteroatoms. The summed E-state index contributed by atoms with van der Waals surface area (Å²) >= 11 is 0. The number of benzene rings is 1. The number of aromatic nitrogens is 1. The lowest BCUT2D eigenvalue weighted by atomic mass is 9.95. The van der Waals surface area contributed by atoms with Gasteiger partial charge >= 0.3 is 0 Å². The Morgan fingerprint density at radius 1 is 1.11 bits per heavy atom. The summed E-state index contributed by atoms with van der Waals surface area (Å²) in [5.74, 6) is -0.284. The lowest BCUT2D eigenvalue weighted by molar-refractivity contribution is 0.0684. The Labute approximate surface area is 167 Å². The molecular weight excluding hydrogens is 350 g/mol. The fourth-order valence-electron chi connectivity index (χ4n) is 3.62. The van der Waals surface area contributed by atoms with Crippen molar-refractivity contribution in [1.29, 1.82) is 0 Å².